The molecular formula is C21H29NO3. The highest BCUT2D eigenvalue weighted by Gasteiger charge is 2.84. The summed E-state index contributed by atoms with van der Waals surface area (Å²) in [5.74, 6) is 0.733. The van der Waals surface area contributed by atoms with Crippen LogP contribution in [0.3, 0.4) is 0 Å². The predicted octanol–water partition coefficient (Wildman–Crippen LogP) is 3.88. The van der Waals surface area contributed by atoms with Gasteiger partial charge in [-0.1, -0.05) is 38.8 Å². The largest absolute Gasteiger partial charge is 0.481 e. The highest BCUT2D eigenvalue weighted by molar-refractivity contribution is 5.85. The van der Waals surface area contributed by atoms with Crippen molar-refractivity contribution in [1.82, 2.24) is 0 Å². The number of aliphatic carboxylic acids is 1. The zero-order valence-electron chi connectivity index (χ0n) is 15.7. The molecule has 3 fully saturated rings. The van der Waals surface area contributed by atoms with Crippen molar-refractivity contribution in [3.8, 4) is 6.07 Å². The molecule has 0 saturated heterocycles. The molecule has 3 saturated carbocycles. The SMILES string of the molecule is COCC12CC3C(C)CCC3C3(C#N)CC1C=C(C(C)C)C32C(=O)O. The molecule has 136 valence electrons. The third kappa shape index (κ3) is 1.56. The van der Waals surface area contributed by atoms with Gasteiger partial charge < -0.3 is 9.84 Å². The number of carbonyl (C=O) groups is 1. The van der Waals surface area contributed by atoms with E-state index in [-0.39, 0.29) is 17.8 Å². The summed E-state index contributed by atoms with van der Waals surface area (Å²) in [6.07, 6.45) is 5.92. The second-order valence-electron chi connectivity index (χ2n) is 9.34. The molecule has 0 spiro atoms. The molecule has 25 heavy (non-hydrogen) atoms. The number of ether oxygens (including phenoxy) is 1. The van der Waals surface area contributed by atoms with Crippen LogP contribution in [0.5, 0.6) is 0 Å². The average molecular weight is 343 g/mol. The Morgan fingerprint density at radius 2 is 2.16 bits per heavy atom. The van der Waals surface area contributed by atoms with E-state index in [0.717, 1.165) is 24.8 Å². The molecule has 0 aromatic heterocycles. The molecule has 4 aliphatic carbocycles. The molecule has 0 heterocycles. The first-order valence-corrected chi connectivity index (χ1v) is 9.68. The lowest BCUT2D eigenvalue weighted by Gasteiger charge is -2.57. The van der Waals surface area contributed by atoms with Gasteiger partial charge >= 0.3 is 5.97 Å². The number of methoxy groups -OCH3 is 1. The van der Waals surface area contributed by atoms with Gasteiger partial charge in [-0.2, -0.15) is 5.26 Å². The normalized spacial score (nSPS) is 49.8. The van der Waals surface area contributed by atoms with Crippen LogP contribution in [-0.2, 0) is 9.53 Å². The maximum absolute atomic E-state index is 13.0. The van der Waals surface area contributed by atoms with Gasteiger partial charge in [-0.15, -0.1) is 0 Å². The second kappa shape index (κ2) is 5.10. The van der Waals surface area contributed by atoms with Gasteiger partial charge in [0.25, 0.3) is 0 Å². The van der Waals surface area contributed by atoms with E-state index in [1.165, 1.54) is 0 Å². The van der Waals surface area contributed by atoms with Gasteiger partial charge in [0.1, 0.15) is 5.41 Å². The van der Waals surface area contributed by atoms with Crippen molar-refractivity contribution in [3.63, 3.8) is 0 Å². The van der Waals surface area contributed by atoms with Crippen LogP contribution >= 0.6 is 0 Å². The van der Waals surface area contributed by atoms with E-state index in [0.29, 0.717) is 24.9 Å². The van der Waals surface area contributed by atoms with Crippen LogP contribution in [0.1, 0.15) is 46.5 Å². The third-order valence-corrected chi connectivity index (χ3v) is 8.44. The van der Waals surface area contributed by atoms with Crippen LogP contribution in [-0.4, -0.2) is 24.8 Å². The molecule has 0 amide bonds. The van der Waals surface area contributed by atoms with Gasteiger partial charge in [-0.05, 0) is 48.9 Å². The number of carboxylic acids is 1. The van der Waals surface area contributed by atoms with Gasteiger partial charge in [0, 0.05) is 12.5 Å². The van der Waals surface area contributed by atoms with E-state index >= 15 is 0 Å². The summed E-state index contributed by atoms with van der Waals surface area (Å²) in [7, 11) is 1.68. The van der Waals surface area contributed by atoms with Crippen molar-refractivity contribution in [2.75, 3.05) is 13.7 Å². The Balaban J connectivity index is 2.02. The Kier molecular flexibility index (Phi) is 3.49. The molecular weight excluding hydrogens is 314 g/mol. The lowest BCUT2D eigenvalue weighted by atomic mass is 9.43. The average Bonchev–Trinajstić information content (AvgIpc) is 3.12. The smallest absolute Gasteiger partial charge is 0.316 e. The van der Waals surface area contributed by atoms with Crippen LogP contribution in [0.25, 0.3) is 0 Å². The Labute approximate surface area is 150 Å². The van der Waals surface area contributed by atoms with Crippen molar-refractivity contribution >= 4 is 5.97 Å². The third-order valence-electron chi connectivity index (χ3n) is 8.44. The number of nitrogens with zero attached hydrogens (tertiary/aromatic N) is 1. The molecule has 4 aliphatic rings. The fourth-order valence-electron chi connectivity index (χ4n) is 7.80. The van der Waals surface area contributed by atoms with Crippen molar-refractivity contribution < 1.29 is 14.6 Å². The molecule has 0 aliphatic heterocycles. The van der Waals surface area contributed by atoms with Gasteiger partial charge in [-0.3, -0.25) is 4.79 Å². The molecule has 0 aromatic rings. The number of hydrogen-bond donors (Lipinski definition) is 1. The number of fused-ring (bicyclic) bond motifs is 2. The Hall–Kier alpha value is -1.34. The van der Waals surface area contributed by atoms with Crippen molar-refractivity contribution in [2.24, 2.45) is 45.8 Å². The van der Waals surface area contributed by atoms with Gasteiger partial charge in [0.15, 0.2) is 0 Å². The lowest BCUT2D eigenvalue weighted by molar-refractivity contribution is -0.177. The van der Waals surface area contributed by atoms with E-state index in [4.69, 9.17) is 4.74 Å². The van der Waals surface area contributed by atoms with Crippen LogP contribution in [0.2, 0.25) is 0 Å². The molecule has 4 bridgehead atoms. The van der Waals surface area contributed by atoms with Crippen LogP contribution in [0.4, 0.5) is 0 Å². The summed E-state index contributed by atoms with van der Waals surface area (Å²) in [5.41, 5.74) is -1.31. The number of rotatable bonds is 4. The van der Waals surface area contributed by atoms with E-state index in [1.807, 2.05) is 0 Å². The van der Waals surface area contributed by atoms with Crippen LogP contribution < -0.4 is 0 Å². The molecule has 7 atom stereocenters. The van der Waals surface area contributed by atoms with Crippen molar-refractivity contribution in [1.29, 1.82) is 5.26 Å². The maximum atomic E-state index is 13.0. The Morgan fingerprint density at radius 1 is 1.44 bits per heavy atom. The molecule has 4 heteroatoms. The number of hydrogen-bond acceptors (Lipinski definition) is 3. The molecule has 0 aromatic carbocycles. The summed E-state index contributed by atoms with van der Waals surface area (Å²) in [6, 6.07) is 2.65. The minimum absolute atomic E-state index is 0.140. The number of allylic oxidation sites excluding steroid dienone is 1. The van der Waals surface area contributed by atoms with Gasteiger partial charge in [0.2, 0.25) is 0 Å². The first-order valence-electron chi connectivity index (χ1n) is 9.68. The fraction of sp³-hybridized carbons (Fsp3) is 0.810. The Bertz CT molecular complexity index is 692. The van der Waals surface area contributed by atoms with Gasteiger partial charge in [-0.25, -0.2) is 0 Å². The first kappa shape index (κ1) is 17.1. The minimum atomic E-state index is -1.07. The zero-order valence-corrected chi connectivity index (χ0v) is 15.7. The first-order chi connectivity index (χ1) is 11.8. The van der Waals surface area contributed by atoms with Crippen LogP contribution in [0.15, 0.2) is 11.6 Å². The highest BCUT2D eigenvalue weighted by Crippen LogP contribution is 2.83. The van der Waals surface area contributed by atoms with E-state index in [1.54, 1.807) is 7.11 Å². The molecule has 4 nitrogen and oxygen atoms in total. The Morgan fingerprint density at radius 3 is 2.72 bits per heavy atom. The summed E-state index contributed by atoms with van der Waals surface area (Å²) in [4.78, 5) is 13.0. The monoisotopic (exact) mass is 343 g/mol. The van der Waals surface area contributed by atoms with Crippen molar-refractivity contribution in [3.05, 3.63) is 11.6 Å². The quantitative estimate of drug-likeness (QED) is 0.786. The van der Waals surface area contributed by atoms with E-state index in [2.05, 4.69) is 32.9 Å². The lowest BCUT2D eigenvalue weighted by Crippen LogP contribution is -2.62. The molecule has 1 N–H and O–H groups in total. The van der Waals surface area contributed by atoms with Gasteiger partial charge in [0.05, 0.1) is 18.1 Å². The summed E-state index contributed by atoms with van der Waals surface area (Å²) >= 11 is 0. The topological polar surface area (TPSA) is 70.3 Å². The summed E-state index contributed by atoms with van der Waals surface area (Å²) in [5, 5.41) is 21.1. The number of carboxylic acid groups (broad SMARTS) is 1. The summed E-state index contributed by atoms with van der Waals surface area (Å²) < 4.78 is 5.65. The van der Waals surface area contributed by atoms with Crippen LogP contribution in [0, 0.1) is 57.2 Å². The number of nitriles is 1. The van der Waals surface area contributed by atoms with Crippen molar-refractivity contribution in [2.45, 2.75) is 46.5 Å². The maximum Gasteiger partial charge on any atom is 0.316 e. The standard InChI is InChI=1S/C21H29NO3/c1-12(2)17-7-14-8-19(10-22)16-6-5-13(3)15(16)9-20(14,11-25-4)21(17,19)18(23)24/h7,12-16H,5-6,8-9,11H2,1-4H3,(H,23,24). The highest BCUT2D eigenvalue weighted by atomic mass is 16.5. The van der Waals surface area contributed by atoms with E-state index in [9.17, 15) is 15.2 Å². The minimum Gasteiger partial charge on any atom is -0.481 e. The molecule has 4 rings (SSSR count). The zero-order chi connectivity index (χ0) is 18.2. The second-order valence-corrected chi connectivity index (χ2v) is 9.34. The molecule has 0 radical (unpaired) electrons. The summed E-state index contributed by atoms with van der Waals surface area (Å²) in [6.45, 7) is 6.88. The molecule has 7 unspecified atom stereocenters. The predicted molar refractivity (Wildman–Crippen MR) is 93.4 cm³/mol. The van der Waals surface area contributed by atoms with E-state index < -0.39 is 22.2 Å². The fourth-order valence-corrected chi connectivity index (χ4v) is 7.80.